The summed E-state index contributed by atoms with van der Waals surface area (Å²) in [5.41, 5.74) is 4.34. The summed E-state index contributed by atoms with van der Waals surface area (Å²) < 4.78 is 15.1. The van der Waals surface area contributed by atoms with Gasteiger partial charge in [0.1, 0.15) is 5.82 Å². The lowest BCUT2D eigenvalue weighted by Gasteiger charge is -2.21. The molecule has 0 fully saturated rings. The van der Waals surface area contributed by atoms with Gasteiger partial charge in [-0.15, -0.1) is 11.6 Å². The van der Waals surface area contributed by atoms with Crippen molar-refractivity contribution in [1.82, 2.24) is 9.55 Å². The predicted octanol–water partition coefficient (Wildman–Crippen LogP) is 4.20. The lowest BCUT2D eigenvalue weighted by atomic mass is 10.0. The number of nitrogens with zero attached hydrogens (tertiary/aromatic N) is 3. The smallest absolute Gasteiger partial charge is 0.262 e. The number of aryl methyl sites for hydroxylation is 1. The van der Waals surface area contributed by atoms with E-state index in [0.717, 1.165) is 22.3 Å². The van der Waals surface area contributed by atoms with E-state index in [2.05, 4.69) is 0 Å². The summed E-state index contributed by atoms with van der Waals surface area (Å²) in [5, 5.41) is 0.316. The van der Waals surface area contributed by atoms with E-state index < -0.39 is 0 Å². The Hall–Kier alpha value is -2.40. The molecule has 2 aromatic carbocycles. The number of anilines is 1. The van der Waals surface area contributed by atoms with Gasteiger partial charge in [0, 0.05) is 20.1 Å². The van der Waals surface area contributed by atoms with Crippen LogP contribution in [0.2, 0.25) is 0 Å². The quantitative estimate of drug-likeness (QED) is 0.633. The highest BCUT2D eigenvalue weighted by molar-refractivity contribution is 6.21. The molecule has 4 rings (SSSR count). The van der Waals surface area contributed by atoms with Gasteiger partial charge in [-0.05, 0) is 54.3 Å². The van der Waals surface area contributed by atoms with E-state index in [-0.39, 0.29) is 16.8 Å². The molecular formula is C20H19ClFN3O. The van der Waals surface area contributed by atoms with Crippen molar-refractivity contribution in [3.8, 4) is 0 Å². The Labute approximate surface area is 155 Å². The maximum Gasteiger partial charge on any atom is 0.262 e. The first-order valence-corrected chi connectivity index (χ1v) is 8.96. The average Bonchev–Trinajstić information content (AvgIpc) is 3.00. The maximum absolute atomic E-state index is 13.5. The minimum atomic E-state index is -0.255. The fraction of sp³-hybridized carbons (Fsp3) is 0.300. The molecule has 0 radical (unpaired) electrons. The molecule has 0 aliphatic carbocycles. The van der Waals surface area contributed by atoms with E-state index in [0.29, 0.717) is 29.9 Å². The number of aromatic nitrogens is 2. The monoisotopic (exact) mass is 371 g/mol. The van der Waals surface area contributed by atoms with Gasteiger partial charge in [0.25, 0.3) is 5.56 Å². The van der Waals surface area contributed by atoms with Crippen LogP contribution in [0, 0.1) is 12.7 Å². The van der Waals surface area contributed by atoms with Crippen molar-refractivity contribution in [2.45, 2.75) is 32.3 Å². The summed E-state index contributed by atoms with van der Waals surface area (Å²) in [5.74, 6) is 0.321. The van der Waals surface area contributed by atoms with Gasteiger partial charge in [-0.25, -0.2) is 9.37 Å². The van der Waals surface area contributed by atoms with Gasteiger partial charge < -0.3 is 4.90 Å². The third-order valence-electron chi connectivity index (χ3n) is 4.93. The lowest BCUT2D eigenvalue weighted by Crippen LogP contribution is -2.28. The van der Waals surface area contributed by atoms with Gasteiger partial charge in [-0.3, -0.25) is 9.36 Å². The van der Waals surface area contributed by atoms with E-state index >= 15 is 0 Å². The zero-order valence-corrected chi connectivity index (χ0v) is 15.6. The molecule has 2 heterocycles. The molecule has 4 nitrogen and oxygen atoms in total. The van der Waals surface area contributed by atoms with Crippen molar-refractivity contribution in [3.63, 3.8) is 0 Å². The summed E-state index contributed by atoms with van der Waals surface area (Å²) in [6, 6.07) is 8.63. The van der Waals surface area contributed by atoms with E-state index in [1.54, 1.807) is 23.7 Å². The Balaban J connectivity index is 1.89. The second kappa shape index (κ2) is 6.09. The Morgan fingerprint density at radius 2 is 1.92 bits per heavy atom. The van der Waals surface area contributed by atoms with Crippen LogP contribution in [0.1, 0.15) is 34.6 Å². The molecule has 1 unspecified atom stereocenters. The molecule has 1 aliphatic rings. The van der Waals surface area contributed by atoms with Crippen molar-refractivity contribution in [2.24, 2.45) is 7.05 Å². The molecule has 1 atom stereocenters. The number of alkyl halides is 1. The number of benzene rings is 2. The van der Waals surface area contributed by atoms with Crippen molar-refractivity contribution >= 4 is 28.5 Å². The Kier molecular flexibility index (Phi) is 3.99. The van der Waals surface area contributed by atoms with Crippen LogP contribution in [0.25, 0.3) is 10.9 Å². The second-order valence-corrected chi connectivity index (χ2v) is 7.57. The van der Waals surface area contributed by atoms with Crippen LogP contribution >= 0.6 is 11.6 Å². The van der Waals surface area contributed by atoms with Crippen LogP contribution < -0.4 is 10.5 Å². The maximum atomic E-state index is 13.5. The molecule has 0 saturated heterocycles. The molecule has 134 valence electrons. The number of hydrogen-bond acceptors (Lipinski definition) is 3. The molecule has 1 aliphatic heterocycles. The fourth-order valence-electron chi connectivity index (χ4n) is 3.63. The SMILES string of the molecule is Cc1cc(C(C)Cl)c2nc(N3Cc4ccc(F)cc4C3)n(C)c(=O)c2c1. The van der Waals surface area contributed by atoms with Gasteiger partial charge in [-0.2, -0.15) is 0 Å². The first-order chi connectivity index (χ1) is 12.3. The van der Waals surface area contributed by atoms with Crippen molar-refractivity contribution < 1.29 is 4.39 Å². The average molecular weight is 372 g/mol. The zero-order valence-electron chi connectivity index (χ0n) is 14.9. The number of rotatable bonds is 2. The van der Waals surface area contributed by atoms with Gasteiger partial charge in [0.2, 0.25) is 5.95 Å². The predicted molar refractivity (Wildman–Crippen MR) is 102 cm³/mol. The third-order valence-corrected chi connectivity index (χ3v) is 5.17. The molecule has 0 N–H and O–H groups in total. The van der Waals surface area contributed by atoms with Crippen LogP contribution in [-0.2, 0) is 20.1 Å². The van der Waals surface area contributed by atoms with Gasteiger partial charge in [0.15, 0.2) is 0 Å². The number of halogens is 2. The molecule has 0 bridgehead atoms. The first kappa shape index (κ1) is 17.0. The second-order valence-electron chi connectivity index (χ2n) is 6.91. The third kappa shape index (κ3) is 2.67. The normalized spacial score (nSPS) is 14.7. The largest absolute Gasteiger partial charge is 0.333 e. The standard InChI is InChI=1S/C20H19ClFN3O/c1-11-6-16(12(2)21)18-17(7-11)19(26)24(3)20(23-18)25-9-13-4-5-15(22)8-14(13)10-25/h4-8,12H,9-10H2,1-3H3. The summed E-state index contributed by atoms with van der Waals surface area (Å²) in [7, 11) is 1.72. The summed E-state index contributed by atoms with van der Waals surface area (Å²) in [4.78, 5) is 19.7. The molecule has 1 aromatic heterocycles. The van der Waals surface area contributed by atoms with Crippen molar-refractivity contribution in [3.05, 3.63) is 68.8 Å². The number of fused-ring (bicyclic) bond motifs is 2. The van der Waals surface area contributed by atoms with Gasteiger partial charge in [-0.1, -0.05) is 12.1 Å². The van der Waals surface area contributed by atoms with Crippen LogP contribution in [-0.4, -0.2) is 9.55 Å². The number of hydrogen-bond donors (Lipinski definition) is 0. The molecule has 0 saturated carbocycles. The minimum Gasteiger partial charge on any atom is -0.333 e. The highest BCUT2D eigenvalue weighted by Gasteiger charge is 2.24. The zero-order chi connectivity index (χ0) is 18.6. The molecular weight excluding hydrogens is 353 g/mol. The molecule has 6 heteroatoms. The molecule has 0 amide bonds. The first-order valence-electron chi connectivity index (χ1n) is 8.52. The fourth-order valence-corrected chi connectivity index (χ4v) is 3.80. The summed E-state index contributed by atoms with van der Waals surface area (Å²) in [6.07, 6.45) is 0. The van der Waals surface area contributed by atoms with Crippen molar-refractivity contribution in [1.29, 1.82) is 0 Å². The Morgan fingerprint density at radius 3 is 2.65 bits per heavy atom. The lowest BCUT2D eigenvalue weighted by molar-refractivity contribution is 0.626. The topological polar surface area (TPSA) is 38.1 Å². The summed E-state index contributed by atoms with van der Waals surface area (Å²) in [6.45, 7) is 4.94. The highest BCUT2D eigenvalue weighted by Crippen LogP contribution is 2.31. The van der Waals surface area contributed by atoms with E-state index in [4.69, 9.17) is 16.6 Å². The van der Waals surface area contributed by atoms with E-state index in [1.165, 1.54) is 6.07 Å². The molecule has 26 heavy (non-hydrogen) atoms. The van der Waals surface area contributed by atoms with Crippen LogP contribution in [0.5, 0.6) is 0 Å². The Bertz CT molecular complexity index is 1090. The van der Waals surface area contributed by atoms with E-state index in [1.807, 2.05) is 30.9 Å². The van der Waals surface area contributed by atoms with Crippen LogP contribution in [0.3, 0.4) is 0 Å². The van der Waals surface area contributed by atoms with Crippen LogP contribution in [0.15, 0.2) is 35.1 Å². The molecule has 0 spiro atoms. The van der Waals surface area contributed by atoms with Gasteiger partial charge in [0.05, 0.1) is 16.3 Å². The Morgan fingerprint density at radius 1 is 1.19 bits per heavy atom. The minimum absolute atomic E-state index is 0.102. The van der Waals surface area contributed by atoms with Crippen molar-refractivity contribution in [2.75, 3.05) is 4.90 Å². The van der Waals surface area contributed by atoms with Gasteiger partial charge >= 0.3 is 0 Å². The van der Waals surface area contributed by atoms with Crippen LogP contribution in [0.4, 0.5) is 10.3 Å². The van der Waals surface area contributed by atoms with E-state index in [9.17, 15) is 9.18 Å². The highest BCUT2D eigenvalue weighted by atomic mass is 35.5. The molecule has 3 aromatic rings. The summed E-state index contributed by atoms with van der Waals surface area (Å²) >= 11 is 6.34.